The number of benzene rings is 1. The number of hydrogen-bond acceptors (Lipinski definition) is 10. The molecule has 11 nitrogen and oxygen atoms in total. The molecule has 3 aromatic rings. The highest BCUT2D eigenvalue weighted by Crippen LogP contribution is 2.37. The number of rotatable bonds is 10. The first-order chi connectivity index (χ1) is 18.9. The fraction of sp³-hybridized carbons (Fsp3) is 0.556. The molecule has 2 aromatic heterocycles. The number of H-pyrrole nitrogens is 1. The zero-order valence-corrected chi connectivity index (χ0v) is 24.5. The lowest BCUT2D eigenvalue weighted by atomic mass is 10.1. The number of anilines is 3. The molecule has 0 unspecified atom stereocenters. The molecule has 0 aliphatic carbocycles. The Balaban J connectivity index is 1.39. The van der Waals surface area contributed by atoms with Crippen LogP contribution in [0.2, 0.25) is 0 Å². The number of hydroxylamine groups is 1. The summed E-state index contributed by atoms with van der Waals surface area (Å²) < 4.78 is 6.90. The van der Waals surface area contributed by atoms with E-state index in [2.05, 4.69) is 70.7 Å². The predicted octanol–water partition coefficient (Wildman–Crippen LogP) is 3.92. The number of ether oxygens (including phenoxy) is 1. The number of piperazine rings is 1. The fourth-order valence-electron chi connectivity index (χ4n) is 5.36. The van der Waals surface area contributed by atoms with Crippen molar-refractivity contribution >= 4 is 50.1 Å². The highest BCUT2D eigenvalue weighted by Gasteiger charge is 2.26. The SMILES string of the molecule is CCCOc1cc(N2CCN(c3ncnc4n[nH]c(Br)c34)CC2)c(C)c(N(CCN2CCCC2)OC(C)=O)c1. The number of aromatic nitrogens is 4. The van der Waals surface area contributed by atoms with E-state index in [0.717, 1.165) is 90.7 Å². The summed E-state index contributed by atoms with van der Waals surface area (Å²) in [6.45, 7) is 13.1. The molecule has 0 amide bonds. The number of nitrogens with zero attached hydrogens (tertiary/aromatic N) is 7. The summed E-state index contributed by atoms with van der Waals surface area (Å²) in [5, 5.41) is 9.85. The van der Waals surface area contributed by atoms with E-state index in [4.69, 9.17) is 9.57 Å². The molecule has 2 aliphatic heterocycles. The maximum absolute atomic E-state index is 12.1. The van der Waals surface area contributed by atoms with Crippen LogP contribution in [0.4, 0.5) is 17.2 Å². The largest absolute Gasteiger partial charge is 0.493 e. The van der Waals surface area contributed by atoms with Crippen molar-refractivity contribution in [2.24, 2.45) is 0 Å². The molecule has 39 heavy (non-hydrogen) atoms. The third kappa shape index (κ3) is 6.22. The Labute approximate surface area is 237 Å². The van der Waals surface area contributed by atoms with Crippen LogP contribution in [0.25, 0.3) is 11.0 Å². The Bertz CT molecular complexity index is 1290. The van der Waals surface area contributed by atoms with Crippen molar-refractivity contribution in [2.75, 3.05) is 73.8 Å². The molecule has 2 fully saturated rings. The number of aromatic amines is 1. The zero-order valence-electron chi connectivity index (χ0n) is 23.0. The van der Waals surface area contributed by atoms with Crippen LogP contribution < -0.4 is 19.6 Å². The molecule has 0 atom stereocenters. The Morgan fingerprint density at radius 2 is 1.85 bits per heavy atom. The number of carbonyl (C=O) groups is 1. The molecule has 2 saturated heterocycles. The van der Waals surface area contributed by atoms with Gasteiger partial charge in [-0.2, -0.15) is 5.10 Å². The molecule has 0 spiro atoms. The van der Waals surface area contributed by atoms with E-state index in [1.54, 1.807) is 11.4 Å². The van der Waals surface area contributed by atoms with Crippen LogP contribution >= 0.6 is 15.9 Å². The van der Waals surface area contributed by atoms with E-state index < -0.39 is 0 Å². The number of carbonyl (C=O) groups excluding carboxylic acids is 1. The molecule has 4 heterocycles. The molecule has 1 aromatic carbocycles. The Hall–Kier alpha value is -3.12. The second-order valence-corrected chi connectivity index (χ2v) is 10.9. The van der Waals surface area contributed by atoms with E-state index in [1.165, 1.54) is 19.8 Å². The molecule has 0 radical (unpaired) electrons. The maximum atomic E-state index is 12.1. The number of hydrogen-bond donors (Lipinski definition) is 1. The van der Waals surface area contributed by atoms with Gasteiger partial charge in [0.1, 0.15) is 22.5 Å². The Morgan fingerprint density at radius 1 is 1.10 bits per heavy atom. The van der Waals surface area contributed by atoms with Crippen molar-refractivity contribution in [1.29, 1.82) is 0 Å². The second kappa shape index (κ2) is 12.4. The molecule has 5 rings (SSSR count). The minimum absolute atomic E-state index is 0.326. The lowest BCUT2D eigenvalue weighted by Gasteiger charge is -2.38. The van der Waals surface area contributed by atoms with Crippen LogP contribution in [0.15, 0.2) is 23.1 Å². The summed E-state index contributed by atoms with van der Waals surface area (Å²) in [7, 11) is 0. The average Bonchev–Trinajstić information content (AvgIpc) is 3.60. The van der Waals surface area contributed by atoms with E-state index >= 15 is 0 Å². The van der Waals surface area contributed by atoms with Crippen molar-refractivity contribution < 1.29 is 14.4 Å². The lowest BCUT2D eigenvalue weighted by molar-refractivity contribution is -0.142. The second-order valence-electron chi connectivity index (χ2n) is 10.1. The molecule has 210 valence electrons. The minimum Gasteiger partial charge on any atom is -0.493 e. The van der Waals surface area contributed by atoms with Crippen LogP contribution in [0.3, 0.4) is 0 Å². The molecule has 0 saturated carbocycles. The summed E-state index contributed by atoms with van der Waals surface area (Å²) in [6.07, 6.45) is 4.92. The maximum Gasteiger partial charge on any atom is 0.329 e. The normalized spacial score (nSPS) is 16.2. The van der Waals surface area contributed by atoms with Gasteiger partial charge in [-0.15, -0.1) is 0 Å². The first kappa shape index (κ1) is 27.4. The predicted molar refractivity (Wildman–Crippen MR) is 156 cm³/mol. The van der Waals surface area contributed by atoms with Crippen LogP contribution in [0, 0.1) is 6.92 Å². The van der Waals surface area contributed by atoms with Gasteiger partial charge in [0.25, 0.3) is 0 Å². The highest BCUT2D eigenvalue weighted by molar-refractivity contribution is 9.10. The van der Waals surface area contributed by atoms with E-state index in [-0.39, 0.29) is 5.97 Å². The van der Waals surface area contributed by atoms with Gasteiger partial charge < -0.3 is 24.3 Å². The molecular weight excluding hydrogens is 564 g/mol. The van der Waals surface area contributed by atoms with E-state index in [0.29, 0.717) is 18.8 Å². The van der Waals surface area contributed by atoms with Crippen molar-refractivity contribution in [2.45, 2.75) is 40.0 Å². The highest BCUT2D eigenvalue weighted by atomic mass is 79.9. The van der Waals surface area contributed by atoms with Gasteiger partial charge in [0.2, 0.25) is 0 Å². The minimum atomic E-state index is -0.326. The number of likely N-dealkylation sites (tertiary alicyclic amines) is 1. The van der Waals surface area contributed by atoms with Crippen LogP contribution in [-0.4, -0.2) is 90.0 Å². The smallest absolute Gasteiger partial charge is 0.329 e. The van der Waals surface area contributed by atoms with Crippen LogP contribution in [0.1, 0.15) is 38.7 Å². The quantitative estimate of drug-likeness (QED) is 0.344. The number of halogens is 1. The Kier molecular flexibility index (Phi) is 8.71. The van der Waals surface area contributed by atoms with Crippen molar-refractivity contribution in [1.82, 2.24) is 25.1 Å². The van der Waals surface area contributed by atoms with Gasteiger partial charge in [0.05, 0.1) is 24.2 Å². The number of fused-ring (bicyclic) bond motifs is 1. The fourth-order valence-corrected chi connectivity index (χ4v) is 5.81. The standard InChI is InChI=1S/C27H37BrN8O3/c1-4-15-38-21-16-22(19(2)23(17-21)36(39-20(3)37)14-9-33-7-5-6-8-33)34-10-12-35(13-11-34)27-24-25(28)31-32-26(24)29-18-30-27/h16-18H,4-15H2,1-3H3,(H,29,30,31,32). The first-order valence-electron chi connectivity index (χ1n) is 13.7. The zero-order chi connectivity index (χ0) is 27.4. The van der Waals surface area contributed by atoms with Gasteiger partial charge in [-0.25, -0.2) is 15.0 Å². The third-order valence-electron chi connectivity index (χ3n) is 7.33. The monoisotopic (exact) mass is 600 g/mol. The first-order valence-corrected chi connectivity index (χ1v) is 14.5. The van der Waals surface area contributed by atoms with E-state index in [1.807, 2.05) is 6.07 Å². The summed E-state index contributed by atoms with van der Waals surface area (Å²) in [6, 6.07) is 4.12. The van der Waals surface area contributed by atoms with E-state index in [9.17, 15) is 4.79 Å². The van der Waals surface area contributed by atoms with Crippen molar-refractivity contribution in [3.05, 3.63) is 28.6 Å². The van der Waals surface area contributed by atoms with Crippen molar-refractivity contribution in [3.63, 3.8) is 0 Å². The van der Waals surface area contributed by atoms with Gasteiger partial charge in [0, 0.05) is 57.5 Å². The summed E-state index contributed by atoms with van der Waals surface area (Å²) >= 11 is 3.55. The van der Waals surface area contributed by atoms with Crippen molar-refractivity contribution in [3.8, 4) is 5.75 Å². The van der Waals surface area contributed by atoms with Gasteiger partial charge in [-0.05, 0) is 60.8 Å². The molecule has 2 aliphatic rings. The summed E-state index contributed by atoms with van der Waals surface area (Å²) in [4.78, 5) is 33.8. The number of nitrogens with one attached hydrogen (secondary N) is 1. The summed E-state index contributed by atoms with van der Waals surface area (Å²) in [5.41, 5.74) is 3.68. The average molecular weight is 602 g/mol. The molecule has 0 bridgehead atoms. The van der Waals surface area contributed by atoms with Gasteiger partial charge >= 0.3 is 5.97 Å². The van der Waals surface area contributed by atoms with Crippen LogP contribution in [-0.2, 0) is 9.63 Å². The molecule has 1 N–H and O–H groups in total. The lowest BCUT2D eigenvalue weighted by Crippen LogP contribution is -2.47. The van der Waals surface area contributed by atoms with Gasteiger partial charge in [-0.3, -0.25) is 9.89 Å². The van der Waals surface area contributed by atoms with Gasteiger partial charge in [0.15, 0.2) is 5.65 Å². The molecular formula is C27H37BrN8O3. The third-order valence-corrected chi connectivity index (χ3v) is 7.91. The molecule has 12 heteroatoms. The van der Waals surface area contributed by atoms with Gasteiger partial charge in [-0.1, -0.05) is 6.92 Å². The summed E-state index contributed by atoms with van der Waals surface area (Å²) in [5.74, 6) is 1.33. The van der Waals surface area contributed by atoms with Crippen LogP contribution in [0.5, 0.6) is 5.75 Å². The topological polar surface area (TPSA) is 103 Å². The Morgan fingerprint density at radius 3 is 2.56 bits per heavy atom.